The van der Waals surface area contributed by atoms with Crippen LogP contribution in [-0.4, -0.2) is 28.9 Å². The molecule has 1 N–H and O–H groups in total. The number of hydrogen-bond acceptors (Lipinski definition) is 5. The van der Waals surface area contributed by atoms with Gasteiger partial charge in [-0.2, -0.15) is 11.3 Å². The van der Waals surface area contributed by atoms with Gasteiger partial charge in [0.25, 0.3) is 0 Å². The Labute approximate surface area is 139 Å². The van der Waals surface area contributed by atoms with Crippen molar-refractivity contribution in [1.29, 1.82) is 0 Å². The van der Waals surface area contributed by atoms with Gasteiger partial charge in [0.05, 0.1) is 5.69 Å². The minimum Gasteiger partial charge on any atom is -0.302 e. The predicted molar refractivity (Wildman–Crippen MR) is 92.5 cm³/mol. The van der Waals surface area contributed by atoms with Crippen LogP contribution in [0.4, 0.5) is 5.13 Å². The molecule has 1 aliphatic heterocycles. The predicted octanol–water partition coefficient (Wildman–Crippen LogP) is 3.76. The number of amides is 1. The van der Waals surface area contributed by atoms with E-state index in [9.17, 15) is 4.79 Å². The van der Waals surface area contributed by atoms with E-state index in [1.165, 1.54) is 49.3 Å². The number of carbonyl (C=O) groups is 1. The summed E-state index contributed by atoms with van der Waals surface area (Å²) in [5, 5.41) is 9.83. The van der Waals surface area contributed by atoms with Crippen molar-refractivity contribution in [3.05, 3.63) is 33.5 Å². The van der Waals surface area contributed by atoms with Gasteiger partial charge in [-0.15, -0.1) is 11.3 Å². The van der Waals surface area contributed by atoms with Gasteiger partial charge in [-0.25, -0.2) is 4.98 Å². The van der Waals surface area contributed by atoms with Crippen molar-refractivity contribution in [2.75, 3.05) is 18.4 Å². The lowest BCUT2D eigenvalue weighted by atomic mass is 10.1. The molecule has 0 bridgehead atoms. The molecule has 1 fully saturated rings. The first kappa shape index (κ1) is 15.6. The maximum atomic E-state index is 12.0. The van der Waals surface area contributed by atoms with E-state index in [0.29, 0.717) is 6.42 Å². The van der Waals surface area contributed by atoms with Crippen LogP contribution in [0.25, 0.3) is 0 Å². The van der Waals surface area contributed by atoms with Crippen LogP contribution in [0.2, 0.25) is 0 Å². The molecule has 0 saturated carbocycles. The molecule has 1 aliphatic rings. The van der Waals surface area contributed by atoms with Crippen LogP contribution in [0.3, 0.4) is 0 Å². The van der Waals surface area contributed by atoms with Crippen LogP contribution < -0.4 is 5.32 Å². The molecule has 0 aliphatic carbocycles. The number of piperidine rings is 1. The highest BCUT2D eigenvalue weighted by molar-refractivity contribution is 7.13. The first-order chi connectivity index (χ1) is 10.8. The molecular formula is C16H21N3OS2. The molecule has 6 heteroatoms. The second-order valence-electron chi connectivity index (χ2n) is 5.66. The lowest BCUT2D eigenvalue weighted by Gasteiger charge is -2.25. The molecule has 3 rings (SSSR count). The Hall–Kier alpha value is -1.24. The first-order valence-electron chi connectivity index (χ1n) is 7.77. The average Bonchev–Trinajstić information content (AvgIpc) is 3.18. The van der Waals surface area contributed by atoms with E-state index in [-0.39, 0.29) is 5.91 Å². The molecule has 2 aromatic rings. The number of nitrogens with one attached hydrogen (secondary N) is 1. The molecule has 0 aromatic carbocycles. The standard InChI is InChI=1S/C16H21N3OS2/c20-15(5-4-13-6-9-21-11-13)18-16-17-14(12-22-16)10-19-7-2-1-3-8-19/h6,9,11-12H,1-5,7-8,10H2,(H,17,18,20). The Bertz CT molecular complexity index is 588. The SMILES string of the molecule is O=C(CCc1ccsc1)Nc1nc(CN2CCCCC2)cs1. The monoisotopic (exact) mass is 335 g/mol. The Morgan fingerprint density at radius 1 is 1.27 bits per heavy atom. The molecule has 1 saturated heterocycles. The summed E-state index contributed by atoms with van der Waals surface area (Å²) in [5.74, 6) is 0.0464. The summed E-state index contributed by atoms with van der Waals surface area (Å²) in [6.07, 6.45) is 5.23. The fourth-order valence-corrected chi connectivity index (χ4v) is 4.08. The van der Waals surface area contributed by atoms with Gasteiger partial charge in [-0.05, 0) is 54.7 Å². The molecule has 0 unspecified atom stereocenters. The molecule has 3 heterocycles. The maximum Gasteiger partial charge on any atom is 0.226 e. The Morgan fingerprint density at radius 2 is 2.14 bits per heavy atom. The third-order valence-corrected chi connectivity index (χ3v) is 5.39. The number of likely N-dealkylation sites (tertiary alicyclic amines) is 1. The van der Waals surface area contributed by atoms with Crippen LogP contribution in [0.15, 0.2) is 22.2 Å². The molecule has 1 amide bonds. The van der Waals surface area contributed by atoms with Gasteiger partial charge < -0.3 is 5.32 Å². The molecule has 0 atom stereocenters. The third-order valence-electron chi connectivity index (χ3n) is 3.85. The molecule has 0 radical (unpaired) electrons. The minimum absolute atomic E-state index is 0.0464. The van der Waals surface area contributed by atoms with Crippen LogP contribution in [-0.2, 0) is 17.8 Å². The zero-order valence-corrected chi connectivity index (χ0v) is 14.2. The number of aromatic nitrogens is 1. The molecule has 0 spiro atoms. The van der Waals surface area contributed by atoms with E-state index < -0.39 is 0 Å². The van der Waals surface area contributed by atoms with Crippen molar-refractivity contribution in [3.63, 3.8) is 0 Å². The second kappa shape index (κ2) is 7.85. The van der Waals surface area contributed by atoms with Crippen molar-refractivity contribution in [2.24, 2.45) is 0 Å². The van der Waals surface area contributed by atoms with E-state index in [2.05, 4.69) is 32.0 Å². The molecular weight excluding hydrogens is 314 g/mol. The second-order valence-corrected chi connectivity index (χ2v) is 7.30. The number of thiophene rings is 1. The van der Waals surface area contributed by atoms with Crippen LogP contribution in [0.5, 0.6) is 0 Å². The zero-order chi connectivity index (χ0) is 15.2. The van der Waals surface area contributed by atoms with Gasteiger partial charge in [0.1, 0.15) is 0 Å². The Kier molecular flexibility index (Phi) is 5.58. The lowest BCUT2D eigenvalue weighted by Crippen LogP contribution is -2.29. The van der Waals surface area contributed by atoms with Gasteiger partial charge in [0, 0.05) is 18.3 Å². The summed E-state index contributed by atoms with van der Waals surface area (Å²) >= 11 is 3.19. The van der Waals surface area contributed by atoms with Crippen molar-refractivity contribution >= 4 is 33.7 Å². The number of anilines is 1. The summed E-state index contributed by atoms with van der Waals surface area (Å²) in [5.41, 5.74) is 2.30. The van der Waals surface area contributed by atoms with Gasteiger partial charge in [-0.3, -0.25) is 9.69 Å². The average molecular weight is 335 g/mol. The Morgan fingerprint density at radius 3 is 2.91 bits per heavy atom. The normalized spacial score (nSPS) is 15.8. The van der Waals surface area contributed by atoms with E-state index in [1.807, 2.05) is 5.38 Å². The number of nitrogens with zero attached hydrogens (tertiary/aromatic N) is 2. The van der Waals surface area contributed by atoms with E-state index in [4.69, 9.17) is 0 Å². The first-order valence-corrected chi connectivity index (χ1v) is 9.59. The van der Waals surface area contributed by atoms with Crippen molar-refractivity contribution < 1.29 is 4.79 Å². The van der Waals surface area contributed by atoms with Crippen LogP contribution in [0, 0.1) is 0 Å². The van der Waals surface area contributed by atoms with Gasteiger partial charge in [0.15, 0.2) is 5.13 Å². The molecule has 2 aromatic heterocycles. The summed E-state index contributed by atoms with van der Waals surface area (Å²) in [7, 11) is 0. The van der Waals surface area contributed by atoms with Crippen LogP contribution >= 0.6 is 22.7 Å². The Balaban J connectivity index is 1.45. The summed E-state index contributed by atoms with van der Waals surface area (Å²) in [4.78, 5) is 18.9. The van der Waals surface area contributed by atoms with E-state index in [1.54, 1.807) is 11.3 Å². The van der Waals surface area contributed by atoms with E-state index >= 15 is 0 Å². The number of thiazole rings is 1. The zero-order valence-electron chi connectivity index (χ0n) is 12.6. The largest absolute Gasteiger partial charge is 0.302 e. The molecule has 4 nitrogen and oxygen atoms in total. The topological polar surface area (TPSA) is 45.2 Å². The molecule has 118 valence electrons. The van der Waals surface area contributed by atoms with Gasteiger partial charge in [0.2, 0.25) is 5.91 Å². The highest BCUT2D eigenvalue weighted by atomic mass is 32.1. The van der Waals surface area contributed by atoms with Gasteiger partial charge in [-0.1, -0.05) is 6.42 Å². The maximum absolute atomic E-state index is 12.0. The number of carbonyl (C=O) groups excluding carboxylic acids is 1. The summed E-state index contributed by atoms with van der Waals surface area (Å²) < 4.78 is 0. The lowest BCUT2D eigenvalue weighted by molar-refractivity contribution is -0.116. The summed E-state index contributed by atoms with van der Waals surface area (Å²) in [6, 6.07) is 2.07. The number of hydrogen-bond donors (Lipinski definition) is 1. The third kappa shape index (κ3) is 4.63. The highest BCUT2D eigenvalue weighted by Gasteiger charge is 2.13. The van der Waals surface area contributed by atoms with E-state index in [0.717, 1.165) is 23.8 Å². The molecule has 22 heavy (non-hydrogen) atoms. The number of aryl methyl sites for hydroxylation is 1. The smallest absolute Gasteiger partial charge is 0.226 e. The summed E-state index contributed by atoms with van der Waals surface area (Å²) in [6.45, 7) is 3.24. The quantitative estimate of drug-likeness (QED) is 0.874. The van der Waals surface area contributed by atoms with Crippen molar-refractivity contribution in [1.82, 2.24) is 9.88 Å². The minimum atomic E-state index is 0.0464. The fraction of sp³-hybridized carbons (Fsp3) is 0.500. The van der Waals surface area contributed by atoms with Crippen molar-refractivity contribution in [3.8, 4) is 0 Å². The number of rotatable bonds is 6. The highest BCUT2D eigenvalue weighted by Crippen LogP contribution is 2.19. The fourth-order valence-electron chi connectivity index (χ4n) is 2.66. The van der Waals surface area contributed by atoms with Gasteiger partial charge >= 0.3 is 0 Å². The van der Waals surface area contributed by atoms with Crippen LogP contribution in [0.1, 0.15) is 36.9 Å². The van der Waals surface area contributed by atoms with Crippen molar-refractivity contribution in [2.45, 2.75) is 38.6 Å².